The fourth-order valence-corrected chi connectivity index (χ4v) is 6.88. The number of amides is 2. The van der Waals surface area contributed by atoms with Gasteiger partial charge in [0, 0.05) is 54.1 Å². The quantitative estimate of drug-likeness (QED) is 0.176. The van der Waals surface area contributed by atoms with Crippen molar-refractivity contribution in [1.29, 1.82) is 5.41 Å². The predicted octanol–water partition coefficient (Wildman–Crippen LogP) is 4.53. The van der Waals surface area contributed by atoms with Crippen molar-refractivity contribution in [3.05, 3.63) is 101 Å². The standard InChI is InChI=1S/C33H33N7O2S/c1-3-27(41)40-15-7-14-33(19-40)16-26(33)39-30-24(25-18-36-20(2)43-25)17-37-31(35)28(30)29(34)21-10-12-22(13-11-21)32(42)38-23-8-5-4-6-9-23/h3-6,8-13,17-18,26,34H,1,7,14-16,19H2,2H3,(H,38,42)(H3,35,37,39)/p+1. The van der Waals surface area contributed by atoms with Gasteiger partial charge < -0.3 is 21.3 Å². The number of nitrogens with zero attached hydrogens (tertiary/aromatic N) is 3. The van der Waals surface area contributed by atoms with Gasteiger partial charge in [0.05, 0.1) is 27.2 Å². The number of benzene rings is 2. The molecule has 1 saturated carbocycles. The number of carbonyl (C=O) groups excluding carboxylic acids is 2. The number of pyridine rings is 1. The van der Waals surface area contributed by atoms with E-state index in [9.17, 15) is 15.0 Å². The zero-order valence-corrected chi connectivity index (χ0v) is 24.8. The molecule has 6 N–H and O–H groups in total. The van der Waals surface area contributed by atoms with E-state index in [2.05, 4.69) is 27.2 Å². The molecule has 218 valence electrons. The monoisotopic (exact) mass is 592 g/mol. The zero-order valence-electron chi connectivity index (χ0n) is 24.0. The molecule has 6 rings (SSSR count). The van der Waals surface area contributed by atoms with Crippen LogP contribution in [0, 0.1) is 17.7 Å². The molecule has 9 nitrogen and oxygen atoms in total. The van der Waals surface area contributed by atoms with Crippen molar-refractivity contribution in [3.63, 3.8) is 0 Å². The van der Waals surface area contributed by atoms with Crippen molar-refractivity contribution in [1.82, 2.24) is 14.9 Å². The van der Waals surface area contributed by atoms with Crippen LogP contribution in [0.15, 0.2) is 79.6 Å². The molecule has 1 saturated heterocycles. The Bertz CT molecular complexity index is 1720. The van der Waals surface area contributed by atoms with E-state index >= 15 is 0 Å². The number of hydrogen-bond donors (Lipinski definition) is 4. The van der Waals surface area contributed by atoms with Gasteiger partial charge in [-0.25, -0.2) is 9.97 Å². The number of anilines is 2. The van der Waals surface area contributed by atoms with E-state index in [1.165, 1.54) is 6.08 Å². The summed E-state index contributed by atoms with van der Waals surface area (Å²) in [6.45, 7) is 7.09. The Morgan fingerprint density at radius 3 is 2.58 bits per heavy atom. The summed E-state index contributed by atoms with van der Waals surface area (Å²) in [4.78, 5) is 37.0. The van der Waals surface area contributed by atoms with E-state index in [1.807, 2.05) is 48.4 Å². The Morgan fingerprint density at radius 1 is 1.14 bits per heavy atom. The highest BCUT2D eigenvalue weighted by Crippen LogP contribution is 2.51. The Labute approximate surface area is 254 Å². The maximum Gasteiger partial charge on any atom is 0.255 e. The first-order valence-electron chi connectivity index (χ1n) is 14.3. The summed E-state index contributed by atoms with van der Waals surface area (Å²) >= 11 is 1.57. The smallest absolute Gasteiger partial charge is 0.255 e. The van der Waals surface area contributed by atoms with Crippen molar-refractivity contribution in [2.45, 2.75) is 32.2 Å². The molecule has 2 aromatic carbocycles. The molecule has 0 bridgehead atoms. The molecular weight excluding hydrogens is 558 g/mol. The number of piperidine rings is 1. The van der Waals surface area contributed by atoms with Crippen LogP contribution in [0.5, 0.6) is 0 Å². The van der Waals surface area contributed by atoms with Crippen molar-refractivity contribution >= 4 is 46.1 Å². The molecule has 10 heteroatoms. The lowest BCUT2D eigenvalue weighted by Crippen LogP contribution is -2.82. The van der Waals surface area contributed by atoms with Crippen LogP contribution in [0.25, 0.3) is 10.4 Å². The first-order chi connectivity index (χ1) is 20.8. The van der Waals surface area contributed by atoms with Gasteiger partial charge in [0.1, 0.15) is 11.4 Å². The number of nitrogen functional groups attached to an aromatic ring is 1. The third kappa shape index (κ3) is 5.71. The third-order valence-corrected chi connectivity index (χ3v) is 9.41. The summed E-state index contributed by atoms with van der Waals surface area (Å²) in [5.41, 5.74) is 10.9. The number of rotatable bonds is 8. The summed E-state index contributed by atoms with van der Waals surface area (Å²) in [5.74, 6) is 0.0218. The number of likely N-dealkylation sites (tertiary alicyclic amines) is 1. The largest absolute Gasteiger partial charge is 0.383 e. The number of thiazole rings is 1. The van der Waals surface area contributed by atoms with Gasteiger partial charge in [-0.1, -0.05) is 36.9 Å². The number of hydrogen-bond acceptors (Lipinski definition) is 7. The summed E-state index contributed by atoms with van der Waals surface area (Å²) in [7, 11) is 0. The number of para-hydroxylation sites is 1. The molecule has 43 heavy (non-hydrogen) atoms. The average Bonchev–Trinajstić information content (AvgIpc) is 3.46. The SMILES string of the molecule is C=CC(=O)N1CCCC2(CC2[NH2+]c2c(-c3cnc(C)s3)cnc(N)c2C(=N)c2ccc(C(=O)Nc3ccccc3)cc2)C1. The fourth-order valence-electron chi connectivity index (χ4n) is 6.08. The van der Waals surface area contributed by atoms with E-state index in [4.69, 9.17) is 5.73 Å². The van der Waals surface area contributed by atoms with Crippen LogP contribution in [0.2, 0.25) is 0 Å². The summed E-state index contributed by atoms with van der Waals surface area (Å²) in [6, 6.07) is 16.5. The minimum atomic E-state index is -0.225. The van der Waals surface area contributed by atoms with Crippen LogP contribution < -0.4 is 16.4 Å². The van der Waals surface area contributed by atoms with Crippen LogP contribution in [0.4, 0.5) is 17.2 Å². The van der Waals surface area contributed by atoms with E-state index in [-0.39, 0.29) is 34.8 Å². The lowest BCUT2D eigenvalue weighted by atomic mass is 9.93. The highest BCUT2D eigenvalue weighted by atomic mass is 32.1. The van der Waals surface area contributed by atoms with Gasteiger partial charge in [-0.3, -0.25) is 15.0 Å². The molecule has 1 aliphatic carbocycles. The number of quaternary nitrogens is 1. The zero-order chi connectivity index (χ0) is 30.1. The number of aryl methyl sites for hydroxylation is 1. The molecule has 0 radical (unpaired) electrons. The highest BCUT2D eigenvalue weighted by molar-refractivity contribution is 7.15. The number of nitrogens with one attached hydrogen (secondary N) is 2. The summed E-state index contributed by atoms with van der Waals surface area (Å²) in [5, 5.41) is 15.3. The molecule has 1 aliphatic heterocycles. The predicted molar refractivity (Wildman–Crippen MR) is 170 cm³/mol. The van der Waals surface area contributed by atoms with Crippen LogP contribution in [-0.2, 0) is 4.79 Å². The molecular formula is C33H34N7O2S+. The molecule has 2 amide bonds. The number of nitrogens with two attached hydrogens (primary N) is 2. The topological polar surface area (TPSA) is 142 Å². The van der Waals surface area contributed by atoms with Gasteiger partial charge in [-0.15, -0.1) is 11.3 Å². The van der Waals surface area contributed by atoms with Crippen LogP contribution in [-0.4, -0.2) is 51.5 Å². The average molecular weight is 593 g/mol. The van der Waals surface area contributed by atoms with Crippen molar-refractivity contribution in [2.75, 3.05) is 24.1 Å². The van der Waals surface area contributed by atoms with Crippen LogP contribution in [0.3, 0.4) is 0 Å². The maximum absolute atomic E-state index is 12.8. The third-order valence-electron chi connectivity index (χ3n) is 8.47. The fraction of sp³-hybridized carbons (Fsp3) is 0.242. The van der Waals surface area contributed by atoms with Crippen LogP contribution in [0.1, 0.15) is 45.8 Å². The van der Waals surface area contributed by atoms with Crippen molar-refractivity contribution in [2.24, 2.45) is 5.41 Å². The van der Waals surface area contributed by atoms with E-state index in [0.29, 0.717) is 28.9 Å². The second kappa shape index (κ2) is 11.5. The van der Waals surface area contributed by atoms with Gasteiger partial charge >= 0.3 is 0 Å². The molecule has 2 unspecified atom stereocenters. The first-order valence-corrected chi connectivity index (χ1v) is 15.1. The van der Waals surface area contributed by atoms with E-state index in [0.717, 1.165) is 46.9 Å². The molecule has 2 aromatic heterocycles. The summed E-state index contributed by atoms with van der Waals surface area (Å²) in [6.07, 6.45) is 7.97. The molecule has 1 spiro atoms. The number of carbonyl (C=O) groups is 2. The Hall–Kier alpha value is -4.67. The van der Waals surface area contributed by atoms with Crippen molar-refractivity contribution < 1.29 is 14.9 Å². The van der Waals surface area contributed by atoms with Gasteiger partial charge in [0.15, 0.2) is 5.69 Å². The van der Waals surface area contributed by atoms with Gasteiger partial charge in [0.2, 0.25) is 5.91 Å². The Balaban J connectivity index is 1.31. The van der Waals surface area contributed by atoms with Crippen molar-refractivity contribution in [3.8, 4) is 10.4 Å². The first kappa shape index (κ1) is 28.4. The van der Waals surface area contributed by atoms with Gasteiger partial charge in [-0.05, 0) is 50.1 Å². The normalized spacial score (nSPS) is 19.2. The Kier molecular flexibility index (Phi) is 7.64. The van der Waals surface area contributed by atoms with E-state index < -0.39 is 0 Å². The molecule has 2 fully saturated rings. The lowest BCUT2D eigenvalue weighted by Gasteiger charge is -2.32. The Morgan fingerprint density at radius 2 is 1.88 bits per heavy atom. The van der Waals surface area contributed by atoms with Gasteiger partial charge in [0.25, 0.3) is 5.91 Å². The minimum Gasteiger partial charge on any atom is -0.383 e. The minimum absolute atomic E-state index is 0.0169. The second-order valence-electron chi connectivity index (χ2n) is 11.3. The highest BCUT2D eigenvalue weighted by Gasteiger charge is 2.60. The lowest BCUT2D eigenvalue weighted by molar-refractivity contribution is -0.592. The van der Waals surface area contributed by atoms with Gasteiger partial charge in [-0.2, -0.15) is 0 Å². The maximum atomic E-state index is 12.8. The molecule has 3 heterocycles. The van der Waals surface area contributed by atoms with Crippen LogP contribution >= 0.6 is 11.3 Å². The summed E-state index contributed by atoms with van der Waals surface area (Å²) < 4.78 is 0. The van der Waals surface area contributed by atoms with E-state index in [1.54, 1.807) is 41.8 Å². The molecule has 2 aliphatic rings. The second-order valence-corrected chi connectivity index (χ2v) is 12.5. The number of aromatic nitrogens is 2. The molecule has 4 aromatic rings. The molecule has 2 atom stereocenters.